The van der Waals surface area contributed by atoms with E-state index in [4.69, 9.17) is 4.74 Å². The van der Waals surface area contributed by atoms with Gasteiger partial charge in [0.2, 0.25) is 0 Å². The Hall–Kier alpha value is -1.36. The maximum absolute atomic E-state index is 12.9. The Morgan fingerprint density at radius 1 is 1.37 bits per heavy atom. The molecule has 0 N–H and O–H groups in total. The molecular weight excluding hydrogens is 257 g/mol. The molecular formula is C14H15F3O2. The van der Waals surface area contributed by atoms with Crippen LogP contribution >= 0.6 is 0 Å². The highest BCUT2D eigenvalue weighted by Crippen LogP contribution is 2.35. The summed E-state index contributed by atoms with van der Waals surface area (Å²) in [5.41, 5.74) is -1.11. The summed E-state index contributed by atoms with van der Waals surface area (Å²) in [5.74, 6) is -0.925. The number of ether oxygens (including phenoxy) is 1. The second-order valence-electron chi connectivity index (χ2n) is 4.62. The van der Waals surface area contributed by atoms with E-state index in [1.54, 1.807) is 0 Å². The zero-order chi connectivity index (χ0) is 14.0. The molecule has 19 heavy (non-hydrogen) atoms. The quantitative estimate of drug-likeness (QED) is 0.784. The van der Waals surface area contributed by atoms with Gasteiger partial charge in [-0.15, -0.1) is 0 Å². The van der Waals surface area contributed by atoms with Crippen LogP contribution in [0.1, 0.15) is 35.7 Å². The van der Waals surface area contributed by atoms with E-state index in [1.165, 1.54) is 18.2 Å². The van der Waals surface area contributed by atoms with Crippen LogP contribution in [-0.4, -0.2) is 18.5 Å². The molecule has 1 aromatic carbocycles. The lowest BCUT2D eigenvalue weighted by Gasteiger charge is -2.18. The summed E-state index contributed by atoms with van der Waals surface area (Å²) in [5, 5.41) is 0. The molecule has 2 atom stereocenters. The highest BCUT2D eigenvalue weighted by atomic mass is 19.4. The van der Waals surface area contributed by atoms with Gasteiger partial charge in [0.1, 0.15) is 0 Å². The van der Waals surface area contributed by atoms with Gasteiger partial charge in [0.15, 0.2) is 5.78 Å². The van der Waals surface area contributed by atoms with Gasteiger partial charge in [-0.2, -0.15) is 13.2 Å². The van der Waals surface area contributed by atoms with Crippen molar-refractivity contribution in [3.05, 3.63) is 35.4 Å². The highest BCUT2D eigenvalue weighted by molar-refractivity contribution is 5.99. The molecule has 1 aromatic rings. The van der Waals surface area contributed by atoms with Crippen molar-refractivity contribution in [2.45, 2.75) is 32.0 Å². The largest absolute Gasteiger partial charge is 0.417 e. The van der Waals surface area contributed by atoms with E-state index in [2.05, 4.69) is 0 Å². The molecule has 2 rings (SSSR count). The molecule has 0 radical (unpaired) electrons. The zero-order valence-electron chi connectivity index (χ0n) is 10.5. The maximum atomic E-state index is 12.9. The summed E-state index contributed by atoms with van der Waals surface area (Å²) in [4.78, 5) is 12.3. The third-order valence-corrected chi connectivity index (χ3v) is 3.45. The van der Waals surface area contributed by atoms with Crippen molar-refractivity contribution in [1.29, 1.82) is 0 Å². The van der Waals surface area contributed by atoms with Gasteiger partial charge in [0.25, 0.3) is 0 Å². The average Bonchev–Trinajstić information content (AvgIpc) is 2.85. The van der Waals surface area contributed by atoms with Crippen molar-refractivity contribution in [1.82, 2.24) is 0 Å². The van der Waals surface area contributed by atoms with Crippen LogP contribution in [0.4, 0.5) is 13.2 Å². The fraction of sp³-hybridized carbons (Fsp3) is 0.500. The van der Waals surface area contributed by atoms with E-state index >= 15 is 0 Å². The predicted molar refractivity (Wildman–Crippen MR) is 63.9 cm³/mol. The highest BCUT2D eigenvalue weighted by Gasteiger charge is 2.39. The number of carbonyl (C=O) groups is 1. The van der Waals surface area contributed by atoms with Crippen LogP contribution in [0, 0.1) is 5.92 Å². The Kier molecular flexibility index (Phi) is 3.94. The third-order valence-electron chi connectivity index (χ3n) is 3.45. The summed E-state index contributed by atoms with van der Waals surface area (Å²) < 4.78 is 44.1. The van der Waals surface area contributed by atoms with Crippen molar-refractivity contribution in [2.24, 2.45) is 5.92 Å². The van der Waals surface area contributed by atoms with Crippen LogP contribution in [0.3, 0.4) is 0 Å². The predicted octanol–water partition coefficient (Wildman–Crippen LogP) is 3.70. The Bertz CT molecular complexity index is 468. The Morgan fingerprint density at radius 3 is 2.68 bits per heavy atom. The molecule has 104 valence electrons. The van der Waals surface area contributed by atoms with Crippen LogP contribution < -0.4 is 0 Å². The van der Waals surface area contributed by atoms with Crippen molar-refractivity contribution < 1.29 is 22.7 Å². The van der Waals surface area contributed by atoms with Crippen LogP contribution in [0.5, 0.6) is 0 Å². The fourth-order valence-corrected chi connectivity index (χ4v) is 2.50. The average molecular weight is 272 g/mol. The number of carbonyl (C=O) groups excluding carboxylic acids is 1. The van der Waals surface area contributed by atoms with Gasteiger partial charge in [-0.1, -0.05) is 25.1 Å². The van der Waals surface area contributed by atoms with Gasteiger partial charge in [-0.05, 0) is 18.9 Å². The molecule has 1 aliphatic rings. The van der Waals surface area contributed by atoms with Gasteiger partial charge in [-0.3, -0.25) is 4.79 Å². The van der Waals surface area contributed by atoms with Crippen molar-refractivity contribution in [3.63, 3.8) is 0 Å². The smallest absolute Gasteiger partial charge is 0.377 e. The summed E-state index contributed by atoms with van der Waals surface area (Å²) in [6, 6.07) is 4.95. The number of ketones is 1. The zero-order valence-corrected chi connectivity index (χ0v) is 10.5. The Morgan fingerprint density at radius 2 is 2.05 bits per heavy atom. The molecule has 2 nitrogen and oxygen atoms in total. The number of hydrogen-bond donors (Lipinski definition) is 0. The first-order valence-corrected chi connectivity index (χ1v) is 6.27. The lowest BCUT2D eigenvalue weighted by molar-refractivity contribution is -0.138. The molecule has 2 unspecified atom stereocenters. The lowest BCUT2D eigenvalue weighted by atomic mass is 9.88. The van der Waals surface area contributed by atoms with Gasteiger partial charge in [-0.25, -0.2) is 0 Å². The lowest BCUT2D eigenvalue weighted by Crippen LogP contribution is -2.26. The van der Waals surface area contributed by atoms with Gasteiger partial charge >= 0.3 is 6.18 Å². The van der Waals surface area contributed by atoms with E-state index < -0.39 is 23.4 Å². The molecule has 0 bridgehead atoms. The number of rotatable bonds is 3. The summed E-state index contributed by atoms with van der Waals surface area (Å²) in [6.07, 6.45) is -3.66. The summed E-state index contributed by atoms with van der Waals surface area (Å²) >= 11 is 0. The normalized spacial score (nSPS) is 23.6. The van der Waals surface area contributed by atoms with Gasteiger partial charge in [0.05, 0.1) is 17.6 Å². The van der Waals surface area contributed by atoms with Crippen LogP contribution in [-0.2, 0) is 10.9 Å². The first-order chi connectivity index (χ1) is 8.95. The minimum atomic E-state index is -4.51. The standard InChI is InChI=1S/C14H15F3O2/c1-2-12-10(7-8-19-12)13(18)9-5-3-4-6-11(9)14(15,16)17/h3-6,10,12H,2,7-8H2,1H3. The first kappa shape index (κ1) is 14.1. The minimum absolute atomic E-state index is 0.246. The Balaban J connectivity index is 2.34. The van der Waals surface area contributed by atoms with Gasteiger partial charge in [0, 0.05) is 12.2 Å². The third kappa shape index (κ3) is 2.81. The molecule has 0 amide bonds. The van der Waals surface area contributed by atoms with Crippen LogP contribution in [0.25, 0.3) is 0 Å². The van der Waals surface area contributed by atoms with Crippen LogP contribution in [0.2, 0.25) is 0 Å². The second kappa shape index (κ2) is 5.33. The van der Waals surface area contributed by atoms with Crippen molar-refractivity contribution in [3.8, 4) is 0 Å². The molecule has 1 saturated heterocycles. The summed E-state index contributed by atoms with van der Waals surface area (Å²) in [6.45, 7) is 2.30. The molecule has 1 heterocycles. The van der Waals surface area contributed by atoms with Crippen molar-refractivity contribution in [2.75, 3.05) is 6.61 Å². The Labute approximate surface area is 109 Å². The number of alkyl halides is 3. The summed E-state index contributed by atoms with van der Waals surface area (Å²) in [7, 11) is 0. The molecule has 1 fully saturated rings. The fourth-order valence-electron chi connectivity index (χ4n) is 2.50. The van der Waals surface area contributed by atoms with Gasteiger partial charge < -0.3 is 4.74 Å². The van der Waals surface area contributed by atoms with E-state index in [0.29, 0.717) is 19.4 Å². The molecule has 5 heteroatoms. The first-order valence-electron chi connectivity index (χ1n) is 6.27. The second-order valence-corrected chi connectivity index (χ2v) is 4.62. The molecule has 0 aliphatic carbocycles. The monoisotopic (exact) mass is 272 g/mol. The molecule has 1 aliphatic heterocycles. The van der Waals surface area contributed by atoms with Crippen molar-refractivity contribution >= 4 is 5.78 Å². The van der Waals surface area contributed by atoms with Crippen LogP contribution in [0.15, 0.2) is 24.3 Å². The molecule has 0 spiro atoms. The minimum Gasteiger partial charge on any atom is -0.377 e. The SMILES string of the molecule is CCC1OCCC1C(=O)c1ccccc1C(F)(F)F. The number of halogens is 3. The number of Topliss-reactive ketones (excluding diaryl/α,β-unsaturated/α-hetero) is 1. The number of benzene rings is 1. The van der Waals surface area contributed by atoms with E-state index in [-0.39, 0.29) is 11.7 Å². The maximum Gasteiger partial charge on any atom is 0.417 e. The topological polar surface area (TPSA) is 26.3 Å². The van der Waals surface area contributed by atoms with E-state index in [0.717, 1.165) is 6.07 Å². The van der Waals surface area contributed by atoms with E-state index in [9.17, 15) is 18.0 Å². The van der Waals surface area contributed by atoms with E-state index in [1.807, 2.05) is 6.92 Å². The molecule has 0 saturated carbocycles. The number of hydrogen-bond acceptors (Lipinski definition) is 2. The molecule has 0 aromatic heterocycles.